The Morgan fingerprint density at radius 3 is 2.53 bits per heavy atom. The van der Waals surface area contributed by atoms with Gasteiger partial charge in [0.15, 0.2) is 0 Å². The standard InChI is InChI=1S/C13H18O2/c1-3-15-13-8-6-12(7-9-13)5-4-11(2)10-14/h6-11H,3-5H2,1-2H3. The summed E-state index contributed by atoms with van der Waals surface area (Å²) < 4.78 is 5.35. The van der Waals surface area contributed by atoms with Gasteiger partial charge in [0.05, 0.1) is 6.61 Å². The van der Waals surface area contributed by atoms with Crippen molar-refractivity contribution in [1.29, 1.82) is 0 Å². The fraction of sp³-hybridized carbons (Fsp3) is 0.462. The molecule has 2 nitrogen and oxygen atoms in total. The van der Waals surface area contributed by atoms with Gasteiger partial charge in [-0.3, -0.25) is 0 Å². The van der Waals surface area contributed by atoms with E-state index in [4.69, 9.17) is 4.74 Å². The third-order valence-corrected chi connectivity index (χ3v) is 2.36. The number of benzene rings is 1. The second-order valence-electron chi connectivity index (χ2n) is 3.73. The largest absolute Gasteiger partial charge is 0.494 e. The van der Waals surface area contributed by atoms with Crippen LogP contribution in [0.2, 0.25) is 0 Å². The number of rotatable bonds is 6. The van der Waals surface area contributed by atoms with E-state index in [1.54, 1.807) is 0 Å². The number of aryl methyl sites for hydroxylation is 1. The minimum atomic E-state index is 0.150. The van der Waals surface area contributed by atoms with Crippen LogP contribution < -0.4 is 4.74 Å². The van der Waals surface area contributed by atoms with Crippen LogP contribution >= 0.6 is 0 Å². The Morgan fingerprint density at radius 1 is 1.33 bits per heavy atom. The molecule has 82 valence electrons. The predicted octanol–water partition coefficient (Wildman–Crippen LogP) is 2.85. The molecule has 0 aliphatic rings. The molecule has 0 aliphatic heterocycles. The summed E-state index contributed by atoms with van der Waals surface area (Å²) in [5, 5.41) is 0. The molecular formula is C13H18O2. The molecule has 1 unspecified atom stereocenters. The first-order valence-corrected chi connectivity index (χ1v) is 5.43. The summed E-state index contributed by atoms with van der Waals surface area (Å²) in [6, 6.07) is 8.07. The molecule has 15 heavy (non-hydrogen) atoms. The molecule has 0 saturated heterocycles. The van der Waals surface area contributed by atoms with E-state index >= 15 is 0 Å². The van der Waals surface area contributed by atoms with Gasteiger partial charge in [0.2, 0.25) is 0 Å². The second kappa shape index (κ2) is 6.23. The van der Waals surface area contributed by atoms with E-state index in [0.717, 1.165) is 24.9 Å². The van der Waals surface area contributed by atoms with Crippen LogP contribution in [0.25, 0.3) is 0 Å². The molecule has 0 heterocycles. The van der Waals surface area contributed by atoms with Gasteiger partial charge in [-0.05, 0) is 37.5 Å². The maximum atomic E-state index is 10.4. The van der Waals surface area contributed by atoms with Crippen LogP contribution in [0.15, 0.2) is 24.3 Å². The molecule has 1 rings (SSSR count). The van der Waals surface area contributed by atoms with Crippen LogP contribution in [-0.2, 0) is 11.2 Å². The number of ether oxygens (including phenoxy) is 1. The van der Waals surface area contributed by atoms with Crippen LogP contribution in [0.4, 0.5) is 0 Å². The topological polar surface area (TPSA) is 26.3 Å². The lowest BCUT2D eigenvalue weighted by Gasteiger charge is -2.06. The highest BCUT2D eigenvalue weighted by molar-refractivity contribution is 5.52. The zero-order valence-corrected chi connectivity index (χ0v) is 9.40. The summed E-state index contributed by atoms with van der Waals surface area (Å²) in [5.41, 5.74) is 1.26. The highest BCUT2D eigenvalue weighted by atomic mass is 16.5. The maximum absolute atomic E-state index is 10.4. The number of carbonyl (C=O) groups is 1. The van der Waals surface area contributed by atoms with Crippen molar-refractivity contribution in [3.63, 3.8) is 0 Å². The van der Waals surface area contributed by atoms with Crippen LogP contribution in [-0.4, -0.2) is 12.9 Å². The Balaban J connectivity index is 2.45. The number of hydrogen-bond donors (Lipinski definition) is 0. The molecule has 0 saturated carbocycles. The molecular weight excluding hydrogens is 188 g/mol. The lowest BCUT2D eigenvalue weighted by Crippen LogP contribution is -1.98. The molecule has 0 radical (unpaired) electrons. The predicted molar refractivity (Wildman–Crippen MR) is 61.2 cm³/mol. The molecule has 2 heteroatoms. The van der Waals surface area contributed by atoms with Gasteiger partial charge < -0.3 is 9.53 Å². The molecule has 0 N–H and O–H groups in total. The molecule has 0 aliphatic carbocycles. The van der Waals surface area contributed by atoms with Gasteiger partial charge in [-0.1, -0.05) is 19.1 Å². The highest BCUT2D eigenvalue weighted by Gasteiger charge is 2.00. The zero-order chi connectivity index (χ0) is 11.1. The SMILES string of the molecule is CCOc1ccc(CCC(C)C=O)cc1. The smallest absolute Gasteiger partial charge is 0.122 e. The fourth-order valence-corrected chi connectivity index (χ4v) is 1.38. The Labute approximate surface area is 91.3 Å². The Bertz CT molecular complexity index is 290. The maximum Gasteiger partial charge on any atom is 0.122 e. The van der Waals surface area contributed by atoms with E-state index in [-0.39, 0.29) is 5.92 Å². The van der Waals surface area contributed by atoms with Crippen molar-refractivity contribution >= 4 is 6.29 Å². The monoisotopic (exact) mass is 206 g/mol. The van der Waals surface area contributed by atoms with E-state index in [9.17, 15) is 4.79 Å². The van der Waals surface area contributed by atoms with Crippen molar-refractivity contribution in [3.05, 3.63) is 29.8 Å². The van der Waals surface area contributed by atoms with Gasteiger partial charge in [-0.2, -0.15) is 0 Å². The minimum absolute atomic E-state index is 0.150. The summed E-state index contributed by atoms with van der Waals surface area (Å²) in [7, 11) is 0. The minimum Gasteiger partial charge on any atom is -0.494 e. The lowest BCUT2D eigenvalue weighted by molar-refractivity contribution is -0.110. The van der Waals surface area contributed by atoms with Crippen molar-refractivity contribution < 1.29 is 9.53 Å². The average Bonchev–Trinajstić information content (AvgIpc) is 2.28. The van der Waals surface area contributed by atoms with Gasteiger partial charge in [0.1, 0.15) is 12.0 Å². The third-order valence-electron chi connectivity index (χ3n) is 2.36. The van der Waals surface area contributed by atoms with E-state index in [1.807, 2.05) is 26.0 Å². The normalized spacial score (nSPS) is 12.1. The quantitative estimate of drug-likeness (QED) is 0.669. The molecule has 0 fully saturated rings. The van der Waals surface area contributed by atoms with Gasteiger partial charge in [0, 0.05) is 5.92 Å². The van der Waals surface area contributed by atoms with Crippen LogP contribution in [0.5, 0.6) is 5.75 Å². The number of aldehydes is 1. The van der Waals surface area contributed by atoms with Crippen LogP contribution in [0.3, 0.4) is 0 Å². The number of hydrogen-bond acceptors (Lipinski definition) is 2. The Kier molecular flexibility index (Phi) is 4.88. The summed E-state index contributed by atoms with van der Waals surface area (Å²) in [4.78, 5) is 10.4. The van der Waals surface area contributed by atoms with Crippen LogP contribution in [0.1, 0.15) is 25.8 Å². The van der Waals surface area contributed by atoms with Gasteiger partial charge in [-0.15, -0.1) is 0 Å². The van der Waals surface area contributed by atoms with Crippen molar-refractivity contribution in [1.82, 2.24) is 0 Å². The van der Waals surface area contributed by atoms with E-state index in [2.05, 4.69) is 12.1 Å². The second-order valence-corrected chi connectivity index (χ2v) is 3.73. The summed E-state index contributed by atoms with van der Waals surface area (Å²) in [5.74, 6) is 1.06. The van der Waals surface area contributed by atoms with Crippen molar-refractivity contribution in [2.75, 3.05) is 6.61 Å². The zero-order valence-electron chi connectivity index (χ0n) is 9.40. The Morgan fingerprint density at radius 2 is 2.00 bits per heavy atom. The van der Waals surface area contributed by atoms with Gasteiger partial charge in [-0.25, -0.2) is 0 Å². The third kappa shape index (κ3) is 4.15. The van der Waals surface area contributed by atoms with Crippen molar-refractivity contribution in [3.8, 4) is 5.75 Å². The molecule has 1 atom stereocenters. The first-order valence-electron chi connectivity index (χ1n) is 5.43. The summed E-state index contributed by atoms with van der Waals surface area (Å²) in [6.07, 6.45) is 2.87. The molecule has 0 amide bonds. The van der Waals surface area contributed by atoms with Gasteiger partial charge in [0.25, 0.3) is 0 Å². The van der Waals surface area contributed by atoms with Crippen LogP contribution in [0, 0.1) is 5.92 Å². The summed E-state index contributed by atoms with van der Waals surface area (Å²) in [6.45, 7) is 4.61. The van der Waals surface area contributed by atoms with Crippen molar-refractivity contribution in [2.24, 2.45) is 5.92 Å². The first-order chi connectivity index (χ1) is 7.26. The van der Waals surface area contributed by atoms with E-state index in [0.29, 0.717) is 6.61 Å². The van der Waals surface area contributed by atoms with E-state index < -0.39 is 0 Å². The highest BCUT2D eigenvalue weighted by Crippen LogP contribution is 2.14. The lowest BCUT2D eigenvalue weighted by atomic mass is 10.0. The molecule has 0 aromatic heterocycles. The Hall–Kier alpha value is -1.31. The van der Waals surface area contributed by atoms with E-state index in [1.165, 1.54) is 5.56 Å². The molecule has 1 aromatic rings. The van der Waals surface area contributed by atoms with Crippen molar-refractivity contribution in [2.45, 2.75) is 26.7 Å². The fourth-order valence-electron chi connectivity index (χ4n) is 1.38. The molecule has 0 bridgehead atoms. The molecule has 1 aromatic carbocycles. The first kappa shape index (κ1) is 11.8. The number of carbonyl (C=O) groups excluding carboxylic acids is 1. The molecule has 0 spiro atoms. The average molecular weight is 206 g/mol. The summed E-state index contributed by atoms with van der Waals surface area (Å²) >= 11 is 0. The van der Waals surface area contributed by atoms with Gasteiger partial charge >= 0.3 is 0 Å².